The molecule has 5 rings (SSSR count). The Balaban J connectivity index is 1.45. The van der Waals surface area contributed by atoms with Gasteiger partial charge in [-0.15, -0.1) is 0 Å². The number of hydrogen-bond acceptors (Lipinski definition) is 7. The number of nitrogens with zero attached hydrogens (tertiary/aromatic N) is 3. The van der Waals surface area contributed by atoms with Crippen molar-refractivity contribution in [2.24, 2.45) is 0 Å². The minimum Gasteiger partial charge on any atom is -0.482 e. The molecule has 0 spiro atoms. The van der Waals surface area contributed by atoms with Gasteiger partial charge in [0.1, 0.15) is 10.6 Å². The number of hydrogen-bond donors (Lipinski definition) is 1. The first-order valence-electron chi connectivity index (χ1n) is 9.99. The van der Waals surface area contributed by atoms with E-state index < -0.39 is 10.0 Å². The Morgan fingerprint density at radius 3 is 2.81 bits per heavy atom. The molecule has 0 unspecified atom stereocenters. The standard InChI is InChI=1S/C21H19ClN4O5S/c1-12-3-2-4-14(7-12)25-32(28,29)18-9-17-16(8-15(18)22)26(20(27)11-30-17)10-19-23-21(31-24-19)13-5-6-13/h2-4,7-9,13,25H,5-6,10-11H2,1H3. The highest BCUT2D eigenvalue weighted by Gasteiger charge is 2.33. The van der Waals surface area contributed by atoms with Crippen LogP contribution >= 0.6 is 11.6 Å². The molecule has 166 valence electrons. The van der Waals surface area contributed by atoms with Crippen molar-refractivity contribution < 1.29 is 22.5 Å². The van der Waals surface area contributed by atoms with E-state index in [0.29, 0.717) is 29.0 Å². The van der Waals surface area contributed by atoms with Gasteiger partial charge in [0, 0.05) is 17.7 Å². The van der Waals surface area contributed by atoms with Gasteiger partial charge in [0.25, 0.3) is 15.9 Å². The predicted molar refractivity (Wildman–Crippen MR) is 116 cm³/mol. The third kappa shape index (κ3) is 4.03. The van der Waals surface area contributed by atoms with Crippen LogP contribution in [-0.4, -0.2) is 31.1 Å². The first kappa shape index (κ1) is 20.8. The third-order valence-electron chi connectivity index (χ3n) is 5.23. The van der Waals surface area contributed by atoms with Crippen LogP contribution in [0.2, 0.25) is 5.02 Å². The van der Waals surface area contributed by atoms with Crippen LogP contribution in [0.1, 0.15) is 36.0 Å². The number of nitrogens with one attached hydrogen (secondary N) is 1. The van der Waals surface area contributed by atoms with E-state index in [1.54, 1.807) is 18.2 Å². The second-order valence-corrected chi connectivity index (χ2v) is 9.88. The number of halogens is 1. The highest BCUT2D eigenvalue weighted by atomic mass is 35.5. The van der Waals surface area contributed by atoms with Crippen molar-refractivity contribution in [3.63, 3.8) is 0 Å². The average Bonchev–Trinajstić information content (AvgIpc) is 3.48. The molecule has 1 aliphatic heterocycles. The SMILES string of the molecule is Cc1cccc(NS(=O)(=O)c2cc3c(cc2Cl)N(Cc2noc(C4CC4)n2)C(=O)CO3)c1. The summed E-state index contributed by atoms with van der Waals surface area (Å²) in [6, 6.07) is 9.69. The number of sulfonamides is 1. The van der Waals surface area contributed by atoms with Gasteiger partial charge >= 0.3 is 0 Å². The topological polar surface area (TPSA) is 115 Å². The fourth-order valence-electron chi connectivity index (χ4n) is 3.47. The van der Waals surface area contributed by atoms with E-state index in [0.717, 1.165) is 18.4 Å². The Morgan fingerprint density at radius 2 is 2.06 bits per heavy atom. The summed E-state index contributed by atoms with van der Waals surface area (Å²) < 4.78 is 39.2. The fraction of sp³-hybridized carbons (Fsp3) is 0.286. The van der Waals surface area contributed by atoms with Crippen molar-refractivity contribution in [2.75, 3.05) is 16.2 Å². The van der Waals surface area contributed by atoms with E-state index in [1.165, 1.54) is 17.0 Å². The summed E-state index contributed by atoms with van der Waals surface area (Å²) in [6.07, 6.45) is 2.04. The Kier molecular flexibility index (Phi) is 5.06. The van der Waals surface area contributed by atoms with Gasteiger partial charge in [0.2, 0.25) is 5.89 Å². The molecule has 1 N–H and O–H groups in total. The summed E-state index contributed by atoms with van der Waals surface area (Å²) in [6.45, 7) is 1.68. The zero-order valence-electron chi connectivity index (χ0n) is 17.0. The monoisotopic (exact) mass is 474 g/mol. The molecular formula is C21H19ClN4O5S. The summed E-state index contributed by atoms with van der Waals surface area (Å²) in [5, 5.41) is 3.91. The van der Waals surface area contributed by atoms with Gasteiger partial charge in [-0.25, -0.2) is 8.42 Å². The van der Waals surface area contributed by atoms with Crippen LogP contribution in [0, 0.1) is 6.92 Å². The molecule has 1 fully saturated rings. The molecule has 9 nitrogen and oxygen atoms in total. The summed E-state index contributed by atoms with van der Waals surface area (Å²) in [5.41, 5.74) is 1.67. The van der Waals surface area contributed by atoms with Crippen molar-refractivity contribution in [1.82, 2.24) is 10.1 Å². The van der Waals surface area contributed by atoms with Crippen molar-refractivity contribution in [3.8, 4) is 5.75 Å². The summed E-state index contributed by atoms with van der Waals surface area (Å²) in [4.78, 5) is 18.1. The van der Waals surface area contributed by atoms with Gasteiger partial charge in [-0.05, 0) is 43.5 Å². The van der Waals surface area contributed by atoms with Crippen LogP contribution < -0.4 is 14.4 Å². The largest absolute Gasteiger partial charge is 0.482 e. The maximum atomic E-state index is 13.0. The number of aromatic nitrogens is 2. The lowest BCUT2D eigenvalue weighted by Gasteiger charge is -2.29. The molecule has 0 radical (unpaired) electrons. The number of aryl methyl sites for hydroxylation is 1. The lowest BCUT2D eigenvalue weighted by molar-refractivity contribution is -0.121. The van der Waals surface area contributed by atoms with E-state index in [9.17, 15) is 13.2 Å². The van der Waals surface area contributed by atoms with E-state index in [4.69, 9.17) is 20.9 Å². The number of anilines is 2. The molecule has 1 aromatic heterocycles. The van der Waals surface area contributed by atoms with E-state index >= 15 is 0 Å². The van der Waals surface area contributed by atoms with Crippen LogP contribution in [0.4, 0.5) is 11.4 Å². The molecule has 2 aliphatic rings. The van der Waals surface area contributed by atoms with E-state index in [-0.39, 0.29) is 34.7 Å². The van der Waals surface area contributed by atoms with Crippen LogP contribution in [-0.2, 0) is 21.4 Å². The number of carbonyl (C=O) groups is 1. The van der Waals surface area contributed by atoms with Crippen LogP contribution in [0.5, 0.6) is 5.75 Å². The molecule has 3 aromatic rings. The second-order valence-electron chi connectivity index (χ2n) is 7.82. The van der Waals surface area contributed by atoms with Gasteiger partial charge in [-0.3, -0.25) is 14.4 Å². The first-order valence-corrected chi connectivity index (χ1v) is 11.8. The molecule has 32 heavy (non-hydrogen) atoms. The lowest BCUT2D eigenvalue weighted by atomic mass is 10.2. The predicted octanol–water partition coefficient (Wildman–Crippen LogP) is 3.64. The minimum atomic E-state index is -3.99. The van der Waals surface area contributed by atoms with Gasteiger partial charge in [0.05, 0.1) is 17.3 Å². The molecule has 1 saturated carbocycles. The Bertz CT molecular complexity index is 1320. The van der Waals surface area contributed by atoms with Gasteiger partial charge < -0.3 is 9.26 Å². The highest BCUT2D eigenvalue weighted by molar-refractivity contribution is 7.92. The average molecular weight is 475 g/mol. The van der Waals surface area contributed by atoms with Crippen molar-refractivity contribution in [3.05, 3.63) is 58.7 Å². The number of ether oxygens (including phenoxy) is 1. The number of carbonyl (C=O) groups excluding carboxylic acids is 1. The first-order chi connectivity index (χ1) is 15.3. The normalized spacial score (nSPS) is 15.9. The zero-order chi connectivity index (χ0) is 22.5. The maximum absolute atomic E-state index is 13.0. The second kappa shape index (κ2) is 7.79. The molecule has 0 saturated heterocycles. The zero-order valence-corrected chi connectivity index (χ0v) is 18.6. The Morgan fingerprint density at radius 1 is 1.25 bits per heavy atom. The lowest BCUT2D eigenvalue weighted by Crippen LogP contribution is -2.38. The fourth-order valence-corrected chi connectivity index (χ4v) is 5.06. The van der Waals surface area contributed by atoms with Gasteiger partial charge in [-0.2, -0.15) is 4.98 Å². The molecule has 0 atom stereocenters. The van der Waals surface area contributed by atoms with Crippen LogP contribution in [0.3, 0.4) is 0 Å². The minimum absolute atomic E-state index is 0.0426. The molecular weight excluding hydrogens is 456 g/mol. The summed E-state index contributed by atoms with van der Waals surface area (Å²) in [7, 11) is -3.99. The maximum Gasteiger partial charge on any atom is 0.265 e. The van der Waals surface area contributed by atoms with E-state index in [2.05, 4.69) is 14.9 Å². The van der Waals surface area contributed by atoms with Crippen molar-refractivity contribution in [1.29, 1.82) is 0 Å². The van der Waals surface area contributed by atoms with Crippen LogP contribution in [0.25, 0.3) is 0 Å². The highest BCUT2D eigenvalue weighted by Crippen LogP contribution is 2.41. The summed E-state index contributed by atoms with van der Waals surface area (Å²) in [5.74, 6) is 1.14. The van der Waals surface area contributed by atoms with Gasteiger partial charge in [-0.1, -0.05) is 28.9 Å². The smallest absolute Gasteiger partial charge is 0.265 e. The van der Waals surface area contributed by atoms with Crippen molar-refractivity contribution >= 4 is 38.9 Å². The molecule has 11 heteroatoms. The molecule has 2 aromatic carbocycles. The van der Waals surface area contributed by atoms with Crippen molar-refractivity contribution in [2.45, 2.75) is 37.1 Å². The van der Waals surface area contributed by atoms with Gasteiger partial charge in [0.15, 0.2) is 12.4 Å². The number of benzene rings is 2. The molecule has 1 aliphatic carbocycles. The Labute approximate surface area is 189 Å². The molecule has 2 heterocycles. The summed E-state index contributed by atoms with van der Waals surface area (Å²) >= 11 is 6.35. The number of fused-ring (bicyclic) bond motifs is 1. The molecule has 0 bridgehead atoms. The quantitative estimate of drug-likeness (QED) is 0.580. The van der Waals surface area contributed by atoms with Crippen LogP contribution in [0.15, 0.2) is 45.8 Å². The number of amides is 1. The van der Waals surface area contributed by atoms with E-state index in [1.807, 2.05) is 13.0 Å². The third-order valence-corrected chi connectivity index (χ3v) is 7.07. The molecule has 1 amide bonds. The Hall–Kier alpha value is -3.11. The number of rotatable bonds is 6.